The van der Waals surface area contributed by atoms with Crippen molar-refractivity contribution in [3.8, 4) is 12.3 Å². The van der Waals surface area contributed by atoms with Crippen LogP contribution in [0.3, 0.4) is 0 Å². The molecule has 0 radical (unpaired) electrons. The number of terminal acetylenes is 1. The highest BCUT2D eigenvalue weighted by molar-refractivity contribution is 6.00. The van der Waals surface area contributed by atoms with E-state index in [1.165, 1.54) is 11.9 Å². The molecule has 2 N–H and O–H groups in total. The number of carbonyl (C=O) groups is 3. The van der Waals surface area contributed by atoms with Crippen LogP contribution in [0.2, 0.25) is 0 Å². The van der Waals surface area contributed by atoms with Crippen LogP contribution in [0.1, 0.15) is 32.6 Å². The van der Waals surface area contributed by atoms with Crippen molar-refractivity contribution in [2.75, 3.05) is 13.6 Å². The van der Waals surface area contributed by atoms with Gasteiger partial charge in [0.1, 0.15) is 11.6 Å². The van der Waals surface area contributed by atoms with Crippen molar-refractivity contribution < 1.29 is 19.1 Å². The minimum atomic E-state index is -1.15. The van der Waals surface area contributed by atoms with Crippen LogP contribution in [-0.2, 0) is 19.1 Å². The Balaban J connectivity index is 1.73. The van der Waals surface area contributed by atoms with Gasteiger partial charge in [-0.3, -0.25) is 14.4 Å². The summed E-state index contributed by atoms with van der Waals surface area (Å²) < 4.78 is 6.29. The van der Waals surface area contributed by atoms with Crippen LogP contribution in [0, 0.1) is 24.2 Å². The summed E-state index contributed by atoms with van der Waals surface area (Å²) in [7, 11) is 1.54. The van der Waals surface area contributed by atoms with Gasteiger partial charge in [0.05, 0.1) is 24.0 Å². The minimum absolute atomic E-state index is 0.00815. The van der Waals surface area contributed by atoms with E-state index in [1.54, 1.807) is 13.0 Å². The summed E-state index contributed by atoms with van der Waals surface area (Å²) in [4.78, 5) is 40.4. The van der Waals surface area contributed by atoms with Crippen LogP contribution in [-0.4, -0.2) is 59.5 Å². The molecule has 3 fully saturated rings. The van der Waals surface area contributed by atoms with E-state index >= 15 is 0 Å². The van der Waals surface area contributed by atoms with Crippen molar-refractivity contribution in [2.24, 2.45) is 11.8 Å². The second kappa shape index (κ2) is 6.10. The molecule has 1 aliphatic carbocycles. The number of fused-ring (bicyclic) bond motifs is 1. The number of rotatable bonds is 4. The van der Waals surface area contributed by atoms with E-state index in [1.807, 2.05) is 6.08 Å². The Morgan fingerprint density at radius 2 is 2.04 bits per heavy atom. The zero-order valence-corrected chi connectivity index (χ0v) is 15.7. The van der Waals surface area contributed by atoms with Crippen molar-refractivity contribution in [1.82, 2.24) is 15.5 Å². The largest absolute Gasteiger partial charge is 0.359 e. The van der Waals surface area contributed by atoms with Crippen LogP contribution >= 0.6 is 0 Å². The fourth-order valence-corrected chi connectivity index (χ4v) is 5.40. The first-order chi connectivity index (χ1) is 12.9. The van der Waals surface area contributed by atoms with Crippen LogP contribution in [0.15, 0.2) is 12.2 Å². The topological polar surface area (TPSA) is 87.7 Å². The second-order valence-corrected chi connectivity index (χ2v) is 8.11. The van der Waals surface area contributed by atoms with Gasteiger partial charge in [0.2, 0.25) is 17.7 Å². The lowest BCUT2D eigenvalue weighted by Gasteiger charge is -2.32. The lowest BCUT2D eigenvalue weighted by Crippen LogP contribution is -2.56. The molecule has 7 heteroatoms. The van der Waals surface area contributed by atoms with Gasteiger partial charge in [-0.05, 0) is 19.8 Å². The molecule has 1 saturated carbocycles. The van der Waals surface area contributed by atoms with Gasteiger partial charge >= 0.3 is 0 Å². The Labute approximate surface area is 158 Å². The number of likely N-dealkylation sites (tertiary alicyclic amines) is 1. The maximum Gasteiger partial charge on any atom is 0.246 e. The molecule has 0 aromatic heterocycles. The third kappa shape index (κ3) is 2.36. The molecule has 2 bridgehead atoms. The fraction of sp³-hybridized carbons (Fsp3) is 0.650. The predicted octanol–water partition coefficient (Wildman–Crippen LogP) is -0.0349. The SMILES string of the molecule is C#CCN1C(=O)[C@@H]2[C@@H](C(=O)NC)[C@@]3(C)C=C[C@@]2(O3)[C@@H]1C(=O)NC1CCCC1. The summed E-state index contributed by atoms with van der Waals surface area (Å²) in [6.45, 7) is 1.80. The van der Waals surface area contributed by atoms with Crippen molar-refractivity contribution in [3.05, 3.63) is 12.2 Å². The first kappa shape index (κ1) is 18.1. The first-order valence-corrected chi connectivity index (χ1v) is 9.54. The maximum absolute atomic E-state index is 13.2. The molecule has 27 heavy (non-hydrogen) atoms. The predicted molar refractivity (Wildman–Crippen MR) is 97.1 cm³/mol. The summed E-state index contributed by atoms with van der Waals surface area (Å²) in [5.74, 6) is 0.230. The Kier molecular flexibility index (Phi) is 4.08. The van der Waals surface area contributed by atoms with E-state index in [4.69, 9.17) is 11.2 Å². The van der Waals surface area contributed by atoms with Crippen LogP contribution in [0.5, 0.6) is 0 Å². The molecule has 7 nitrogen and oxygen atoms in total. The van der Waals surface area contributed by atoms with E-state index in [9.17, 15) is 14.4 Å². The fourth-order valence-electron chi connectivity index (χ4n) is 5.40. The molecule has 0 aromatic rings. The average molecular weight is 371 g/mol. The van der Waals surface area contributed by atoms with Crippen molar-refractivity contribution >= 4 is 17.7 Å². The summed E-state index contributed by atoms with van der Waals surface area (Å²) >= 11 is 0. The summed E-state index contributed by atoms with van der Waals surface area (Å²) in [6.07, 6.45) is 13.1. The first-order valence-electron chi connectivity index (χ1n) is 9.54. The van der Waals surface area contributed by atoms with E-state index in [-0.39, 0.29) is 30.3 Å². The molecular formula is C20H25N3O4. The molecule has 0 unspecified atom stereocenters. The van der Waals surface area contributed by atoms with Crippen LogP contribution < -0.4 is 10.6 Å². The zero-order valence-electron chi connectivity index (χ0n) is 15.7. The lowest BCUT2D eigenvalue weighted by molar-refractivity contribution is -0.144. The van der Waals surface area contributed by atoms with Gasteiger partial charge in [-0.25, -0.2) is 0 Å². The smallest absolute Gasteiger partial charge is 0.246 e. The van der Waals surface area contributed by atoms with Gasteiger partial charge in [-0.15, -0.1) is 6.42 Å². The minimum Gasteiger partial charge on any atom is -0.359 e. The van der Waals surface area contributed by atoms with E-state index < -0.39 is 29.1 Å². The summed E-state index contributed by atoms with van der Waals surface area (Å²) in [6, 6.07) is -0.747. The second-order valence-electron chi connectivity index (χ2n) is 8.11. The molecule has 3 aliphatic heterocycles. The zero-order chi connectivity index (χ0) is 19.4. The van der Waals surface area contributed by atoms with E-state index in [2.05, 4.69) is 16.6 Å². The Morgan fingerprint density at radius 3 is 2.67 bits per heavy atom. The van der Waals surface area contributed by atoms with Crippen LogP contribution in [0.4, 0.5) is 0 Å². The number of hydrogen-bond acceptors (Lipinski definition) is 4. The quantitative estimate of drug-likeness (QED) is 0.536. The highest BCUT2D eigenvalue weighted by atomic mass is 16.5. The van der Waals surface area contributed by atoms with Gasteiger partial charge < -0.3 is 20.3 Å². The van der Waals surface area contributed by atoms with Crippen molar-refractivity contribution in [1.29, 1.82) is 0 Å². The molecule has 4 rings (SSSR count). The molecule has 3 amide bonds. The molecule has 144 valence electrons. The molecule has 0 aromatic carbocycles. The molecule has 4 aliphatic rings. The maximum atomic E-state index is 13.2. The molecule has 1 spiro atoms. The number of nitrogens with one attached hydrogen (secondary N) is 2. The third-order valence-corrected chi connectivity index (χ3v) is 6.54. The molecule has 2 saturated heterocycles. The standard InChI is InChI=1S/C20H25N3O4/c1-4-11-23-15(17(25)22-12-7-5-6-8-12)20-10-9-19(2,27-20)13(16(24)21-3)14(20)18(23)26/h1,9-10,12-15H,5-8,11H2,2-3H3,(H,21,24)(H,22,25)/t13-,14-,15-,19+,20-/m0/s1. The molecular weight excluding hydrogens is 346 g/mol. The lowest BCUT2D eigenvalue weighted by atomic mass is 9.70. The number of nitrogens with zero attached hydrogens (tertiary/aromatic N) is 1. The molecule has 3 heterocycles. The number of hydrogen-bond donors (Lipinski definition) is 2. The Bertz CT molecular complexity index is 766. The Morgan fingerprint density at radius 1 is 1.33 bits per heavy atom. The van der Waals surface area contributed by atoms with Crippen molar-refractivity contribution in [2.45, 2.75) is 55.9 Å². The van der Waals surface area contributed by atoms with Crippen LogP contribution in [0.25, 0.3) is 0 Å². The highest BCUT2D eigenvalue weighted by Gasteiger charge is 2.76. The number of carbonyl (C=O) groups excluding carboxylic acids is 3. The normalized spacial score (nSPS) is 39.5. The van der Waals surface area contributed by atoms with Gasteiger partial charge in [-0.1, -0.05) is 30.9 Å². The van der Waals surface area contributed by atoms with E-state index in [0.717, 1.165) is 25.7 Å². The van der Waals surface area contributed by atoms with Crippen molar-refractivity contribution in [3.63, 3.8) is 0 Å². The third-order valence-electron chi connectivity index (χ3n) is 6.54. The van der Waals surface area contributed by atoms with Gasteiger partial charge in [0.15, 0.2) is 0 Å². The molecule has 5 atom stereocenters. The Hall–Kier alpha value is -2.33. The van der Waals surface area contributed by atoms with E-state index in [0.29, 0.717) is 0 Å². The average Bonchev–Trinajstić information content (AvgIpc) is 3.35. The monoisotopic (exact) mass is 371 g/mol. The highest BCUT2D eigenvalue weighted by Crippen LogP contribution is 2.59. The number of amides is 3. The van der Waals surface area contributed by atoms with Gasteiger partial charge in [0.25, 0.3) is 0 Å². The van der Waals surface area contributed by atoms with Gasteiger partial charge in [0, 0.05) is 13.1 Å². The summed E-state index contributed by atoms with van der Waals surface area (Å²) in [5, 5.41) is 5.71. The number of ether oxygens (including phenoxy) is 1. The van der Waals surface area contributed by atoms with Gasteiger partial charge in [-0.2, -0.15) is 0 Å². The summed E-state index contributed by atoms with van der Waals surface area (Å²) in [5.41, 5.74) is -2.06.